The molecule has 1 atom stereocenters. The highest BCUT2D eigenvalue weighted by Gasteiger charge is 2.33. The van der Waals surface area contributed by atoms with Crippen LogP contribution in [0.15, 0.2) is 23.1 Å². The highest BCUT2D eigenvalue weighted by molar-refractivity contribution is 7.98. The van der Waals surface area contributed by atoms with E-state index in [1.54, 1.807) is 19.1 Å². The third-order valence-corrected chi connectivity index (χ3v) is 4.32. The van der Waals surface area contributed by atoms with Crippen LogP contribution in [0.5, 0.6) is 0 Å². The zero-order valence-electron chi connectivity index (χ0n) is 12.0. The lowest BCUT2D eigenvalue weighted by Gasteiger charge is -2.36. The number of nitrogens with zero attached hydrogens (tertiary/aromatic N) is 2. The minimum Gasteiger partial charge on any atom is -0.388 e. The first-order valence-corrected chi connectivity index (χ1v) is 7.90. The van der Waals surface area contributed by atoms with Gasteiger partial charge in [-0.15, -0.1) is 11.8 Å². The number of aliphatic hydroxyl groups is 1. The van der Waals surface area contributed by atoms with Crippen LogP contribution in [-0.4, -0.2) is 45.8 Å². The fraction of sp³-hybridized carbons (Fsp3) is 0.500. The summed E-state index contributed by atoms with van der Waals surface area (Å²) in [6.07, 6.45) is 3.17. The van der Waals surface area contributed by atoms with E-state index in [1.807, 2.05) is 6.26 Å². The van der Waals surface area contributed by atoms with Gasteiger partial charge in [0.2, 0.25) is 0 Å². The summed E-state index contributed by atoms with van der Waals surface area (Å²) >= 11 is 1.42. The molecule has 0 bridgehead atoms. The quantitative estimate of drug-likeness (QED) is 0.526. The molecule has 1 aliphatic rings. The number of piperidine rings is 1. The van der Waals surface area contributed by atoms with Gasteiger partial charge in [0.1, 0.15) is 5.56 Å². The van der Waals surface area contributed by atoms with E-state index in [2.05, 4.69) is 0 Å². The minimum atomic E-state index is -0.931. The molecule has 1 fully saturated rings. The summed E-state index contributed by atoms with van der Waals surface area (Å²) in [7, 11) is 0. The van der Waals surface area contributed by atoms with Gasteiger partial charge in [-0.25, -0.2) is 0 Å². The molecular weight excluding hydrogens is 292 g/mol. The first-order chi connectivity index (χ1) is 9.84. The van der Waals surface area contributed by atoms with Crippen molar-refractivity contribution in [2.75, 3.05) is 19.3 Å². The first kappa shape index (κ1) is 15.8. The highest BCUT2D eigenvalue weighted by Crippen LogP contribution is 2.28. The number of β-amino-alcohol motifs (C(OH)–C–C–N with tert-alkyl or cyclic N) is 1. The number of likely N-dealkylation sites (tertiary alicyclic amines) is 1. The second-order valence-corrected chi connectivity index (χ2v) is 6.35. The van der Waals surface area contributed by atoms with Crippen molar-refractivity contribution >= 4 is 23.4 Å². The van der Waals surface area contributed by atoms with Gasteiger partial charge in [-0.1, -0.05) is 0 Å². The van der Waals surface area contributed by atoms with Crippen molar-refractivity contribution in [3.63, 3.8) is 0 Å². The molecule has 0 aromatic heterocycles. The molecule has 1 unspecified atom stereocenters. The number of rotatable bonds is 3. The lowest BCUT2D eigenvalue weighted by molar-refractivity contribution is -0.385. The lowest BCUT2D eigenvalue weighted by atomic mass is 9.94. The Balaban J connectivity index is 2.35. The molecule has 0 aliphatic carbocycles. The van der Waals surface area contributed by atoms with Gasteiger partial charge in [-0.3, -0.25) is 14.9 Å². The predicted molar refractivity (Wildman–Crippen MR) is 80.6 cm³/mol. The second kappa shape index (κ2) is 6.03. The Bertz CT molecular complexity index is 574. The number of nitro groups is 1. The Morgan fingerprint density at radius 1 is 1.52 bits per heavy atom. The van der Waals surface area contributed by atoms with E-state index in [4.69, 9.17) is 0 Å². The fourth-order valence-corrected chi connectivity index (χ4v) is 2.98. The van der Waals surface area contributed by atoms with E-state index in [0.717, 1.165) is 4.90 Å². The van der Waals surface area contributed by atoms with E-state index in [9.17, 15) is 20.0 Å². The molecule has 0 radical (unpaired) electrons. The summed E-state index contributed by atoms with van der Waals surface area (Å²) < 4.78 is 0. The molecule has 1 aromatic rings. The van der Waals surface area contributed by atoms with Gasteiger partial charge < -0.3 is 10.0 Å². The summed E-state index contributed by atoms with van der Waals surface area (Å²) in [6.45, 7) is 2.39. The second-order valence-electron chi connectivity index (χ2n) is 5.47. The Morgan fingerprint density at radius 2 is 2.24 bits per heavy atom. The van der Waals surface area contributed by atoms with Gasteiger partial charge >= 0.3 is 0 Å². The van der Waals surface area contributed by atoms with Crippen LogP contribution in [0.1, 0.15) is 30.1 Å². The van der Waals surface area contributed by atoms with Crippen LogP contribution in [-0.2, 0) is 0 Å². The normalized spacial score (nSPS) is 22.1. The average molecular weight is 310 g/mol. The maximum atomic E-state index is 12.6. The molecule has 1 heterocycles. The van der Waals surface area contributed by atoms with Gasteiger partial charge in [-0.05, 0) is 38.2 Å². The molecule has 1 N–H and O–H groups in total. The predicted octanol–water partition coefficient (Wildman–Crippen LogP) is 2.30. The minimum absolute atomic E-state index is 0.0875. The van der Waals surface area contributed by atoms with Crippen molar-refractivity contribution in [3.05, 3.63) is 33.9 Å². The fourth-order valence-electron chi connectivity index (χ4n) is 2.54. The molecule has 0 spiro atoms. The Labute approximate surface area is 127 Å². The van der Waals surface area contributed by atoms with Crippen LogP contribution in [0.25, 0.3) is 0 Å². The number of nitro benzene ring substituents is 1. The van der Waals surface area contributed by atoms with Crippen LogP contribution in [0, 0.1) is 10.1 Å². The molecule has 1 aromatic carbocycles. The van der Waals surface area contributed by atoms with Crippen molar-refractivity contribution in [2.45, 2.75) is 30.3 Å². The molecule has 2 rings (SSSR count). The molecule has 0 saturated carbocycles. The Hall–Kier alpha value is -1.60. The number of hydrogen-bond donors (Lipinski definition) is 1. The van der Waals surface area contributed by atoms with Crippen molar-refractivity contribution in [2.24, 2.45) is 0 Å². The van der Waals surface area contributed by atoms with E-state index >= 15 is 0 Å². The summed E-state index contributed by atoms with van der Waals surface area (Å²) in [5.41, 5.74) is -1.03. The molecule has 1 amide bonds. The SMILES string of the molecule is CSc1ccc([N+](=O)[O-])c(C(=O)N2CCCC(C)(O)C2)c1. The van der Waals surface area contributed by atoms with Crippen LogP contribution in [0.2, 0.25) is 0 Å². The monoisotopic (exact) mass is 310 g/mol. The number of hydrogen-bond acceptors (Lipinski definition) is 5. The van der Waals surface area contributed by atoms with Gasteiger partial charge in [0.05, 0.1) is 10.5 Å². The molecular formula is C14H18N2O4S. The summed E-state index contributed by atoms with van der Waals surface area (Å²) in [4.78, 5) is 25.4. The van der Waals surface area contributed by atoms with Crippen LogP contribution in [0.3, 0.4) is 0 Å². The van der Waals surface area contributed by atoms with E-state index in [-0.39, 0.29) is 17.8 Å². The van der Waals surface area contributed by atoms with Gasteiger partial charge in [-0.2, -0.15) is 0 Å². The zero-order valence-corrected chi connectivity index (χ0v) is 12.9. The zero-order chi connectivity index (χ0) is 15.6. The molecule has 6 nitrogen and oxygen atoms in total. The summed E-state index contributed by atoms with van der Waals surface area (Å²) in [6, 6.07) is 4.54. The van der Waals surface area contributed by atoms with E-state index in [1.165, 1.54) is 22.7 Å². The standard InChI is InChI=1S/C14H18N2O4S/c1-14(18)6-3-7-15(9-14)13(17)11-8-10(21-2)4-5-12(11)16(19)20/h4-5,8,18H,3,6-7,9H2,1-2H3. The lowest BCUT2D eigenvalue weighted by Crippen LogP contribution is -2.48. The maximum Gasteiger partial charge on any atom is 0.282 e. The molecule has 1 aliphatic heterocycles. The largest absolute Gasteiger partial charge is 0.388 e. The van der Waals surface area contributed by atoms with E-state index in [0.29, 0.717) is 19.4 Å². The summed E-state index contributed by atoms with van der Waals surface area (Å²) in [5.74, 6) is -0.391. The molecule has 21 heavy (non-hydrogen) atoms. The molecule has 1 saturated heterocycles. The van der Waals surface area contributed by atoms with Crippen LogP contribution >= 0.6 is 11.8 Å². The third kappa shape index (κ3) is 3.54. The van der Waals surface area contributed by atoms with Gasteiger partial charge in [0.15, 0.2) is 0 Å². The van der Waals surface area contributed by atoms with Crippen LogP contribution < -0.4 is 0 Å². The molecule has 7 heteroatoms. The van der Waals surface area contributed by atoms with Crippen molar-refractivity contribution in [1.82, 2.24) is 4.90 Å². The number of thioether (sulfide) groups is 1. The van der Waals surface area contributed by atoms with Gasteiger partial charge in [0.25, 0.3) is 11.6 Å². The average Bonchev–Trinajstić information content (AvgIpc) is 2.44. The van der Waals surface area contributed by atoms with Gasteiger partial charge in [0, 0.05) is 24.1 Å². The highest BCUT2D eigenvalue weighted by atomic mass is 32.2. The smallest absolute Gasteiger partial charge is 0.282 e. The number of amides is 1. The van der Waals surface area contributed by atoms with E-state index < -0.39 is 16.4 Å². The van der Waals surface area contributed by atoms with Crippen molar-refractivity contribution in [1.29, 1.82) is 0 Å². The topological polar surface area (TPSA) is 83.7 Å². The third-order valence-electron chi connectivity index (χ3n) is 3.59. The van der Waals surface area contributed by atoms with Crippen molar-refractivity contribution in [3.8, 4) is 0 Å². The van der Waals surface area contributed by atoms with Crippen molar-refractivity contribution < 1.29 is 14.8 Å². The maximum absolute atomic E-state index is 12.6. The van der Waals surface area contributed by atoms with Crippen LogP contribution in [0.4, 0.5) is 5.69 Å². The molecule has 114 valence electrons. The summed E-state index contributed by atoms with van der Waals surface area (Å²) in [5, 5.41) is 21.2. The first-order valence-electron chi connectivity index (χ1n) is 6.68. The Kier molecular flexibility index (Phi) is 4.53. The number of carbonyl (C=O) groups excluding carboxylic acids is 1. The number of benzene rings is 1. The Morgan fingerprint density at radius 3 is 2.81 bits per heavy atom. The number of carbonyl (C=O) groups is 1.